The Hall–Kier alpha value is -4.71. The van der Waals surface area contributed by atoms with E-state index in [1.54, 1.807) is 19.6 Å². The van der Waals surface area contributed by atoms with E-state index in [1.807, 2.05) is 0 Å². The first-order valence-corrected chi connectivity index (χ1v) is 15.6. The lowest BCUT2D eigenvalue weighted by atomic mass is 10.0. The molecule has 2 aromatic rings. The van der Waals surface area contributed by atoms with Crippen LogP contribution in [0.25, 0.3) is 11.1 Å². The number of benzene rings is 2. The Morgan fingerprint density at radius 1 is 0.714 bits per heavy atom. The Balaban J connectivity index is 1.70. The second-order valence-electron chi connectivity index (χ2n) is 11.7. The predicted molar refractivity (Wildman–Crippen MR) is 170 cm³/mol. The number of carbonyl (C=O) groups is 5. The van der Waals surface area contributed by atoms with Gasteiger partial charge in [0.15, 0.2) is 0 Å². The lowest BCUT2D eigenvalue weighted by Gasteiger charge is -2.35. The van der Waals surface area contributed by atoms with Gasteiger partial charge >= 0.3 is 23.9 Å². The molecule has 1 atom stereocenters. The Morgan fingerprint density at radius 3 is 1.69 bits per heavy atom. The highest BCUT2D eigenvalue weighted by molar-refractivity contribution is 5.98. The summed E-state index contributed by atoms with van der Waals surface area (Å²) in [5.41, 5.74) is 0.0791. The van der Waals surface area contributed by atoms with Gasteiger partial charge < -0.3 is 30.8 Å². The van der Waals surface area contributed by atoms with Gasteiger partial charge in [-0.15, -0.1) is 0 Å². The van der Waals surface area contributed by atoms with E-state index in [0.717, 1.165) is 6.07 Å². The van der Waals surface area contributed by atoms with E-state index in [4.69, 9.17) is 0 Å². The van der Waals surface area contributed by atoms with E-state index >= 15 is 0 Å². The van der Waals surface area contributed by atoms with E-state index in [-0.39, 0.29) is 114 Å². The van der Waals surface area contributed by atoms with Gasteiger partial charge in [0.2, 0.25) is 0 Å². The van der Waals surface area contributed by atoms with Crippen molar-refractivity contribution in [3.63, 3.8) is 0 Å². The Labute approximate surface area is 280 Å². The van der Waals surface area contributed by atoms with Crippen LogP contribution in [-0.2, 0) is 19.2 Å². The molecule has 6 N–H and O–H groups in total. The maximum Gasteiger partial charge on any atom is 0.320 e. The summed E-state index contributed by atoms with van der Waals surface area (Å²) in [4.78, 5) is 66.2. The first kappa shape index (κ1) is 38.7. The zero-order valence-corrected chi connectivity index (χ0v) is 26.8. The van der Waals surface area contributed by atoms with Crippen LogP contribution in [-0.4, -0.2) is 159 Å². The smallest absolute Gasteiger partial charge is 0.320 e. The number of hydrogen-bond acceptors (Lipinski definition) is 10. The van der Waals surface area contributed by atoms with Crippen molar-refractivity contribution in [2.24, 2.45) is 0 Å². The number of aromatic hydroxyl groups is 1. The van der Waals surface area contributed by atoms with Gasteiger partial charge in [-0.05, 0) is 42.7 Å². The van der Waals surface area contributed by atoms with Gasteiger partial charge in [0.25, 0.3) is 5.91 Å². The van der Waals surface area contributed by atoms with Crippen LogP contribution in [0.2, 0.25) is 0 Å². The molecule has 1 unspecified atom stereocenters. The fourth-order valence-corrected chi connectivity index (χ4v) is 5.58. The summed E-state index contributed by atoms with van der Waals surface area (Å²) in [6, 6.07) is 5.71. The summed E-state index contributed by atoms with van der Waals surface area (Å²) in [6.45, 7) is 0.207. The first-order valence-electron chi connectivity index (χ1n) is 15.6. The van der Waals surface area contributed by atoms with Crippen molar-refractivity contribution in [1.82, 2.24) is 24.9 Å². The maximum absolute atomic E-state index is 14.3. The maximum atomic E-state index is 14.3. The van der Waals surface area contributed by atoms with E-state index in [9.17, 15) is 58.3 Å². The molecular formula is C32H41F2N5O10. The third-order valence-corrected chi connectivity index (χ3v) is 8.10. The number of phenols is 1. The largest absolute Gasteiger partial charge is 0.507 e. The number of carboxylic acids is 4. The quantitative estimate of drug-likeness (QED) is 0.151. The van der Waals surface area contributed by atoms with Crippen molar-refractivity contribution < 1.29 is 58.3 Å². The number of aliphatic carboxylic acids is 4. The molecule has 49 heavy (non-hydrogen) atoms. The summed E-state index contributed by atoms with van der Waals surface area (Å²) in [5.74, 6) is -7.19. The molecule has 1 amide bonds. The molecule has 1 saturated heterocycles. The Bertz CT molecular complexity index is 1460. The highest BCUT2D eigenvalue weighted by Crippen LogP contribution is 2.28. The summed E-state index contributed by atoms with van der Waals surface area (Å²) >= 11 is 0. The third kappa shape index (κ3) is 12.7. The summed E-state index contributed by atoms with van der Waals surface area (Å²) in [6.07, 6.45) is 0.223. The molecule has 268 valence electrons. The second kappa shape index (κ2) is 18.7. The van der Waals surface area contributed by atoms with Crippen molar-refractivity contribution in [3.8, 4) is 16.9 Å². The molecule has 0 spiro atoms. The number of carbonyl (C=O) groups excluding carboxylic acids is 1. The normalized spacial score (nSPS) is 16.6. The Morgan fingerprint density at radius 2 is 1.22 bits per heavy atom. The number of nitrogens with zero attached hydrogens (tertiary/aromatic N) is 4. The van der Waals surface area contributed by atoms with E-state index in [0.29, 0.717) is 6.07 Å². The lowest BCUT2D eigenvalue weighted by molar-refractivity contribution is -0.145. The number of amides is 1. The van der Waals surface area contributed by atoms with Crippen LogP contribution >= 0.6 is 0 Å². The second-order valence-corrected chi connectivity index (χ2v) is 11.7. The molecule has 1 aliphatic rings. The number of rotatable bonds is 14. The molecule has 0 aliphatic carbocycles. The fraction of sp³-hybridized carbons (Fsp3) is 0.469. The molecule has 1 fully saturated rings. The van der Waals surface area contributed by atoms with E-state index < -0.39 is 47.5 Å². The monoisotopic (exact) mass is 693 g/mol. The van der Waals surface area contributed by atoms with Crippen LogP contribution in [0.1, 0.15) is 23.2 Å². The van der Waals surface area contributed by atoms with Crippen LogP contribution in [0.5, 0.6) is 5.75 Å². The highest BCUT2D eigenvalue weighted by atomic mass is 19.1. The Kier molecular flexibility index (Phi) is 14.8. The summed E-state index contributed by atoms with van der Waals surface area (Å²) in [7, 11) is 0. The predicted octanol–water partition coefficient (Wildman–Crippen LogP) is 0.776. The van der Waals surface area contributed by atoms with Crippen molar-refractivity contribution >= 4 is 29.8 Å². The van der Waals surface area contributed by atoms with Gasteiger partial charge in [0.1, 0.15) is 23.4 Å². The zero-order valence-electron chi connectivity index (χ0n) is 26.8. The summed E-state index contributed by atoms with van der Waals surface area (Å²) in [5, 5.41) is 51.2. The molecule has 1 heterocycles. The number of hydrogen-bond donors (Lipinski definition) is 6. The summed E-state index contributed by atoms with van der Waals surface area (Å²) < 4.78 is 27.7. The molecule has 1 aliphatic heterocycles. The van der Waals surface area contributed by atoms with Gasteiger partial charge in [-0.3, -0.25) is 43.6 Å². The van der Waals surface area contributed by atoms with E-state index in [1.165, 1.54) is 24.3 Å². The molecular weight excluding hydrogens is 652 g/mol. The van der Waals surface area contributed by atoms with Gasteiger partial charge in [-0.1, -0.05) is 6.07 Å². The molecule has 17 heteroatoms. The minimum Gasteiger partial charge on any atom is -0.507 e. The molecule has 15 nitrogen and oxygen atoms in total. The lowest BCUT2D eigenvalue weighted by Crippen LogP contribution is -2.51. The van der Waals surface area contributed by atoms with Crippen LogP contribution in [0.3, 0.4) is 0 Å². The van der Waals surface area contributed by atoms with Gasteiger partial charge in [0, 0.05) is 70.5 Å². The van der Waals surface area contributed by atoms with Crippen LogP contribution in [0, 0.1) is 11.6 Å². The molecule has 0 saturated carbocycles. The number of halogens is 2. The van der Waals surface area contributed by atoms with Crippen molar-refractivity contribution in [1.29, 1.82) is 0 Å². The molecule has 0 aromatic heterocycles. The molecule has 3 rings (SSSR count). The minimum absolute atomic E-state index is 0.000715. The molecule has 0 radical (unpaired) electrons. The van der Waals surface area contributed by atoms with Crippen LogP contribution in [0.15, 0.2) is 36.4 Å². The van der Waals surface area contributed by atoms with Gasteiger partial charge in [-0.25, -0.2) is 8.78 Å². The minimum atomic E-state index is -1.17. The third-order valence-electron chi connectivity index (χ3n) is 8.10. The number of carboxylic acid groups (broad SMARTS) is 4. The highest BCUT2D eigenvalue weighted by Gasteiger charge is 2.28. The molecule has 0 bridgehead atoms. The number of phenolic OH excluding ortho intramolecular Hbond substituents is 1. The van der Waals surface area contributed by atoms with Crippen molar-refractivity contribution in [3.05, 3.63) is 53.6 Å². The SMILES string of the molecule is O=C(O)CN1CCN(CC(=O)O)CCN(C(CCCNC(=O)c2cc(-c3ccc(F)cc3F)ccc2O)C(=O)O)CCN(CC(=O)O)CC1. The van der Waals surface area contributed by atoms with E-state index in [2.05, 4.69) is 5.32 Å². The van der Waals surface area contributed by atoms with Gasteiger partial charge in [0.05, 0.1) is 25.2 Å². The van der Waals surface area contributed by atoms with Crippen molar-refractivity contribution in [2.75, 3.05) is 78.5 Å². The van der Waals surface area contributed by atoms with Gasteiger partial charge in [-0.2, -0.15) is 0 Å². The standard InChI is InChI=1S/C32H41F2N5O10/c33-22-4-5-23(25(34)17-22)21-3-6-27(40)24(16-21)31(47)35-7-1-2-26(32(48)49)39-14-12-37(19-29(43)44)10-8-36(18-28(41)42)9-11-38(13-15-39)20-30(45)46/h3-6,16-17,26,40H,1-2,7-15,18-20H2,(H,35,47)(H,41,42)(H,43,44)(H,45,46)(H,48,49). The van der Waals surface area contributed by atoms with Crippen molar-refractivity contribution in [2.45, 2.75) is 18.9 Å². The zero-order chi connectivity index (χ0) is 36.1. The fourth-order valence-electron chi connectivity index (χ4n) is 5.58. The topological polar surface area (TPSA) is 211 Å². The van der Waals surface area contributed by atoms with Crippen LogP contribution < -0.4 is 5.32 Å². The number of nitrogens with one attached hydrogen (secondary N) is 1. The average molecular weight is 694 g/mol. The van der Waals surface area contributed by atoms with Crippen LogP contribution in [0.4, 0.5) is 8.78 Å². The molecule has 2 aromatic carbocycles. The first-order chi connectivity index (χ1) is 23.2. The average Bonchev–Trinajstić information content (AvgIpc) is 3.01.